The van der Waals surface area contributed by atoms with Gasteiger partial charge < -0.3 is 4.74 Å². The number of benzene rings is 1. The van der Waals surface area contributed by atoms with E-state index in [0.717, 1.165) is 6.07 Å². The Morgan fingerprint density at radius 2 is 2.07 bits per heavy atom. The lowest BCUT2D eigenvalue weighted by Crippen LogP contribution is -2.03. The van der Waals surface area contributed by atoms with E-state index < -0.39 is 18.2 Å². The number of ether oxygens (including phenoxy) is 1. The molecule has 0 spiro atoms. The summed E-state index contributed by atoms with van der Waals surface area (Å²) in [6.45, 7) is -3.09. The van der Waals surface area contributed by atoms with Crippen molar-refractivity contribution in [1.29, 1.82) is 0 Å². The Hall–Kier alpha value is -1.23. The number of carbonyl (C=O) groups is 1. The van der Waals surface area contributed by atoms with Gasteiger partial charge in [0, 0.05) is 6.07 Å². The van der Waals surface area contributed by atoms with Gasteiger partial charge in [0.25, 0.3) is 0 Å². The van der Waals surface area contributed by atoms with Crippen molar-refractivity contribution in [3.05, 3.63) is 28.5 Å². The van der Waals surface area contributed by atoms with E-state index in [4.69, 9.17) is 11.6 Å². The van der Waals surface area contributed by atoms with Gasteiger partial charge in [-0.25, -0.2) is 4.39 Å². The zero-order valence-corrected chi connectivity index (χ0v) is 7.39. The topological polar surface area (TPSA) is 26.3 Å². The molecule has 0 fully saturated rings. The fourth-order valence-electron chi connectivity index (χ4n) is 0.821. The minimum Gasteiger partial charge on any atom is -0.433 e. The summed E-state index contributed by atoms with van der Waals surface area (Å²) in [6, 6.07) is 1.56. The molecule has 1 aromatic carbocycles. The first-order valence-electron chi connectivity index (χ1n) is 3.43. The summed E-state index contributed by atoms with van der Waals surface area (Å²) in [7, 11) is 0. The molecule has 0 radical (unpaired) electrons. The molecule has 0 aliphatic heterocycles. The molecule has 1 rings (SSSR count). The van der Waals surface area contributed by atoms with Crippen molar-refractivity contribution >= 4 is 17.9 Å². The average molecular weight is 225 g/mol. The smallest absolute Gasteiger partial charge is 0.387 e. The van der Waals surface area contributed by atoms with Gasteiger partial charge in [-0.05, 0) is 6.07 Å². The summed E-state index contributed by atoms with van der Waals surface area (Å²) in [5.41, 5.74) is -0.309. The third kappa shape index (κ3) is 2.38. The Balaban J connectivity index is 3.08. The Bertz CT molecular complexity index is 355. The fraction of sp³-hybridized carbons (Fsp3) is 0.125. The first-order valence-corrected chi connectivity index (χ1v) is 3.81. The molecule has 0 N–H and O–H groups in total. The molecule has 0 unspecified atom stereocenters. The van der Waals surface area contributed by atoms with E-state index in [1.807, 2.05) is 0 Å². The lowest BCUT2D eigenvalue weighted by Gasteiger charge is -2.06. The average Bonchev–Trinajstić information content (AvgIpc) is 2.10. The highest BCUT2D eigenvalue weighted by Gasteiger charge is 2.12. The minimum atomic E-state index is -3.09. The molecule has 0 aliphatic carbocycles. The van der Waals surface area contributed by atoms with E-state index in [9.17, 15) is 18.0 Å². The summed E-state index contributed by atoms with van der Waals surface area (Å²) in [6.07, 6.45) is 0.230. The highest BCUT2D eigenvalue weighted by Crippen LogP contribution is 2.28. The van der Waals surface area contributed by atoms with E-state index in [1.54, 1.807) is 0 Å². The lowest BCUT2D eigenvalue weighted by molar-refractivity contribution is -0.0499. The second-order valence-electron chi connectivity index (χ2n) is 2.30. The van der Waals surface area contributed by atoms with Gasteiger partial charge in [0.15, 0.2) is 6.29 Å². The maximum absolute atomic E-state index is 12.9. The number of rotatable bonds is 3. The highest BCUT2D eigenvalue weighted by molar-refractivity contribution is 6.32. The molecular formula is C8H4ClF3O2. The standard InChI is InChI=1S/C8H4ClF3O2/c9-5-1-4(3-13)6(10)2-7(5)14-8(11)12/h1-3,8H. The summed E-state index contributed by atoms with van der Waals surface area (Å²) < 4.78 is 40.3. The lowest BCUT2D eigenvalue weighted by atomic mass is 10.2. The second kappa shape index (κ2) is 4.32. The van der Waals surface area contributed by atoms with Crippen LogP contribution in [0, 0.1) is 5.82 Å². The first kappa shape index (κ1) is 10.8. The third-order valence-corrected chi connectivity index (χ3v) is 1.69. The van der Waals surface area contributed by atoms with E-state index in [2.05, 4.69) is 4.74 Å². The molecule has 0 heterocycles. The van der Waals surface area contributed by atoms with Crippen LogP contribution < -0.4 is 4.74 Å². The van der Waals surface area contributed by atoms with Crippen LogP contribution in [0.2, 0.25) is 5.02 Å². The number of hydrogen-bond acceptors (Lipinski definition) is 2. The zero-order valence-electron chi connectivity index (χ0n) is 6.64. The molecule has 0 saturated heterocycles. The van der Waals surface area contributed by atoms with Crippen LogP contribution in [0.1, 0.15) is 10.4 Å². The van der Waals surface area contributed by atoms with Crippen molar-refractivity contribution in [3.8, 4) is 5.75 Å². The number of hydrogen-bond donors (Lipinski definition) is 0. The molecule has 0 bridgehead atoms. The predicted molar refractivity (Wildman–Crippen MR) is 43.4 cm³/mol. The Morgan fingerprint density at radius 3 is 2.57 bits per heavy atom. The number of aldehydes is 1. The van der Waals surface area contributed by atoms with Gasteiger partial charge in [-0.1, -0.05) is 11.6 Å². The monoisotopic (exact) mass is 224 g/mol. The molecule has 0 saturated carbocycles. The van der Waals surface area contributed by atoms with Gasteiger partial charge >= 0.3 is 6.61 Å². The van der Waals surface area contributed by atoms with Crippen LogP contribution >= 0.6 is 11.6 Å². The Labute approximate surface area is 82.2 Å². The highest BCUT2D eigenvalue weighted by atomic mass is 35.5. The number of alkyl halides is 2. The predicted octanol–water partition coefficient (Wildman–Crippen LogP) is 2.89. The van der Waals surface area contributed by atoms with Gasteiger partial charge in [0.05, 0.1) is 10.6 Å². The normalized spacial score (nSPS) is 10.4. The molecule has 76 valence electrons. The summed E-state index contributed by atoms with van der Waals surface area (Å²) in [4.78, 5) is 10.2. The van der Waals surface area contributed by atoms with Crippen LogP contribution in [0.15, 0.2) is 12.1 Å². The van der Waals surface area contributed by atoms with Crippen molar-refractivity contribution in [2.75, 3.05) is 0 Å². The van der Waals surface area contributed by atoms with Crippen LogP contribution in [0.25, 0.3) is 0 Å². The van der Waals surface area contributed by atoms with Crippen LogP contribution in [0.3, 0.4) is 0 Å². The van der Waals surface area contributed by atoms with Gasteiger partial charge in [0.2, 0.25) is 0 Å². The van der Waals surface area contributed by atoms with Crippen molar-refractivity contribution in [1.82, 2.24) is 0 Å². The molecule has 1 aromatic rings. The summed E-state index contributed by atoms with van der Waals surface area (Å²) in [5.74, 6) is -1.45. The first-order chi connectivity index (χ1) is 6.54. The largest absolute Gasteiger partial charge is 0.433 e. The molecule has 0 aromatic heterocycles. The van der Waals surface area contributed by atoms with Crippen LogP contribution in [0.5, 0.6) is 5.75 Å². The Morgan fingerprint density at radius 1 is 1.43 bits per heavy atom. The van der Waals surface area contributed by atoms with Gasteiger partial charge in [-0.2, -0.15) is 8.78 Å². The van der Waals surface area contributed by atoms with Crippen molar-refractivity contribution in [2.45, 2.75) is 6.61 Å². The van der Waals surface area contributed by atoms with Crippen LogP contribution in [-0.4, -0.2) is 12.9 Å². The molecule has 6 heteroatoms. The molecule has 14 heavy (non-hydrogen) atoms. The van der Waals surface area contributed by atoms with E-state index in [0.29, 0.717) is 6.07 Å². The molecule has 2 nitrogen and oxygen atoms in total. The van der Waals surface area contributed by atoms with Crippen molar-refractivity contribution in [3.63, 3.8) is 0 Å². The minimum absolute atomic E-state index is 0.230. The van der Waals surface area contributed by atoms with Crippen LogP contribution in [-0.2, 0) is 0 Å². The molecule has 0 atom stereocenters. The van der Waals surface area contributed by atoms with Crippen molar-refractivity contribution < 1.29 is 22.7 Å². The third-order valence-electron chi connectivity index (χ3n) is 1.39. The zero-order chi connectivity index (χ0) is 10.7. The summed E-state index contributed by atoms with van der Waals surface area (Å²) >= 11 is 5.44. The maximum atomic E-state index is 12.9. The summed E-state index contributed by atoms with van der Waals surface area (Å²) in [5, 5.41) is -0.242. The van der Waals surface area contributed by atoms with Gasteiger partial charge in [0.1, 0.15) is 11.6 Å². The number of carbonyl (C=O) groups excluding carboxylic acids is 1. The molecule has 0 amide bonds. The molecular weight excluding hydrogens is 221 g/mol. The van der Waals surface area contributed by atoms with Gasteiger partial charge in [-0.15, -0.1) is 0 Å². The van der Waals surface area contributed by atoms with E-state index in [-0.39, 0.29) is 16.9 Å². The maximum Gasteiger partial charge on any atom is 0.387 e. The van der Waals surface area contributed by atoms with Crippen molar-refractivity contribution in [2.24, 2.45) is 0 Å². The second-order valence-corrected chi connectivity index (χ2v) is 2.71. The Kier molecular flexibility index (Phi) is 3.35. The SMILES string of the molecule is O=Cc1cc(Cl)c(OC(F)F)cc1F. The molecule has 0 aliphatic rings. The number of halogens is 4. The van der Waals surface area contributed by atoms with Gasteiger partial charge in [-0.3, -0.25) is 4.79 Å². The van der Waals surface area contributed by atoms with E-state index >= 15 is 0 Å². The fourth-order valence-corrected chi connectivity index (χ4v) is 1.04. The quantitative estimate of drug-likeness (QED) is 0.738. The van der Waals surface area contributed by atoms with E-state index in [1.165, 1.54) is 0 Å². The van der Waals surface area contributed by atoms with Crippen LogP contribution in [0.4, 0.5) is 13.2 Å².